The van der Waals surface area contributed by atoms with Crippen LogP contribution in [0.25, 0.3) is 0 Å². The molecule has 3 aliphatic carbocycles. The summed E-state index contributed by atoms with van der Waals surface area (Å²) in [5.41, 5.74) is -0.388. The number of halogens is 1. The van der Waals surface area contributed by atoms with Gasteiger partial charge in [-0.2, -0.15) is 0 Å². The lowest BCUT2D eigenvalue weighted by Gasteiger charge is -2.53. The molecule has 5 heteroatoms. The summed E-state index contributed by atoms with van der Waals surface area (Å²) in [4.78, 5) is 12.5. The van der Waals surface area contributed by atoms with Gasteiger partial charge in [-0.25, -0.2) is 0 Å². The highest BCUT2D eigenvalue weighted by Crippen LogP contribution is 2.60. The van der Waals surface area contributed by atoms with E-state index in [4.69, 9.17) is 4.74 Å². The zero-order valence-electron chi connectivity index (χ0n) is 13.1. The van der Waals surface area contributed by atoms with Gasteiger partial charge in [0.25, 0.3) is 0 Å². The van der Waals surface area contributed by atoms with Gasteiger partial charge in [0.15, 0.2) is 0 Å². The number of ether oxygens (including phenoxy) is 1. The summed E-state index contributed by atoms with van der Waals surface area (Å²) < 4.78 is 5.99. The van der Waals surface area contributed by atoms with Crippen molar-refractivity contribution in [3.05, 3.63) is 69.2 Å². The monoisotopic (exact) mass is 388 g/mol. The fourth-order valence-electron chi connectivity index (χ4n) is 4.19. The normalized spacial score (nSPS) is 29.8. The molecule has 0 aromatic heterocycles. The molecule has 3 atom stereocenters. The van der Waals surface area contributed by atoms with Crippen molar-refractivity contribution in [3.8, 4) is 0 Å². The van der Waals surface area contributed by atoms with Crippen LogP contribution in [0.3, 0.4) is 0 Å². The molecule has 2 bridgehead atoms. The second kappa shape index (κ2) is 5.15. The first-order valence-corrected chi connectivity index (χ1v) is 8.74. The molecule has 0 radical (unpaired) electrons. The summed E-state index contributed by atoms with van der Waals surface area (Å²) in [5, 5.41) is 23.2. The molecule has 0 spiro atoms. The van der Waals surface area contributed by atoms with Crippen molar-refractivity contribution in [2.75, 3.05) is 6.61 Å². The van der Waals surface area contributed by atoms with E-state index in [0.717, 1.165) is 4.47 Å². The number of aliphatic hydroxyl groups is 2. The molecule has 3 unspecified atom stereocenters. The lowest BCUT2D eigenvalue weighted by atomic mass is 9.54. The third-order valence-corrected chi connectivity index (χ3v) is 5.69. The molecular weight excluding hydrogens is 372 g/mol. The van der Waals surface area contributed by atoms with Crippen LogP contribution in [-0.2, 0) is 20.7 Å². The van der Waals surface area contributed by atoms with E-state index in [1.54, 1.807) is 19.1 Å². The van der Waals surface area contributed by atoms with Gasteiger partial charge in [-0.3, -0.25) is 4.79 Å². The van der Waals surface area contributed by atoms with Gasteiger partial charge in [0.1, 0.15) is 11.2 Å². The molecule has 0 saturated carbocycles. The van der Waals surface area contributed by atoms with E-state index < -0.39 is 23.1 Å². The lowest BCUT2D eigenvalue weighted by Crippen LogP contribution is -2.57. The van der Waals surface area contributed by atoms with Crippen LogP contribution in [0.15, 0.2) is 46.9 Å². The smallest absolute Gasteiger partial charge is 0.312 e. The number of carbonyl (C=O) groups excluding carboxylic acids is 1. The van der Waals surface area contributed by atoms with Crippen LogP contribution in [0.2, 0.25) is 0 Å². The molecule has 0 fully saturated rings. The van der Waals surface area contributed by atoms with E-state index in [9.17, 15) is 15.0 Å². The number of hydrogen-bond donors (Lipinski definition) is 2. The molecule has 2 N–H and O–H groups in total. The van der Waals surface area contributed by atoms with Gasteiger partial charge in [-0.05, 0) is 41.3 Å². The number of hydrogen-bond acceptors (Lipinski definition) is 4. The second-order valence-electron chi connectivity index (χ2n) is 6.37. The second-order valence-corrected chi connectivity index (χ2v) is 7.29. The van der Waals surface area contributed by atoms with Gasteiger partial charge in [-0.15, -0.1) is 0 Å². The van der Waals surface area contributed by atoms with Crippen LogP contribution in [0.1, 0.15) is 35.6 Å². The Morgan fingerprint density at radius 3 is 2.54 bits per heavy atom. The number of benzene rings is 2. The van der Waals surface area contributed by atoms with E-state index >= 15 is 0 Å². The van der Waals surface area contributed by atoms with Gasteiger partial charge >= 0.3 is 5.97 Å². The summed E-state index contributed by atoms with van der Waals surface area (Å²) in [7, 11) is 0. The van der Waals surface area contributed by atoms with Crippen molar-refractivity contribution in [1.82, 2.24) is 0 Å². The highest BCUT2D eigenvalue weighted by molar-refractivity contribution is 9.10. The van der Waals surface area contributed by atoms with E-state index in [1.807, 2.05) is 30.3 Å². The third kappa shape index (κ3) is 1.83. The molecule has 124 valence electrons. The minimum atomic E-state index is -1.50. The molecule has 0 aliphatic heterocycles. The Labute approximate surface area is 148 Å². The Hall–Kier alpha value is -1.69. The van der Waals surface area contributed by atoms with Crippen molar-refractivity contribution in [2.45, 2.75) is 24.5 Å². The largest absolute Gasteiger partial charge is 0.466 e. The fourth-order valence-corrected chi connectivity index (χ4v) is 4.55. The van der Waals surface area contributed by atoms with E-state index in [1.165, 1.54) is 0 Å². The van der Waals surface area contributed by atoms with Crippen molar-refractivity contribution in [3.63, 3.8) is 0 Å². The first-order valence-electron chi connectivity index (χ1n) is 7.94. The maximum Gasteiger partial charge on any atom is 0.312 e. The van der Waals surface area contributed by atoms with E-state index in [2.05, 4.69) is 15.9 Å². The van der Waals surface area contributed by atoms with Crippen LogP contribution in [0, 0.1) is 5.92 Å². The number of rotatable bonds is 2. The van der Waals surface area contributed by atoms with Crippen LogP contribution in [0.4, 0.5) is 0 Å². The topological polar surface area (TPSA) is 66.8 Å². The Morgan fingerprint density at radius 1 is 1.17 bits per heavy atom. The van der Waals surface area contributed by atoms with Gasteiger partial charge in [0, 0.05) is 10.9 Å². The molecule has 0 heterocycles. The average Bonchev–Trinajstić information content (AvgIpc) is 2.57. The van der Waals surface area contributed by atoms with E-state index in [0.29, 0.717) is 22.3 Å². The minimum absolute atomic E-state index is 0.100. The summed E-state index contributed by atoms with van der Waals surface area (Å²) in [6, 6.07) is 12.6. The first-order chi connectivity index (χ1) is 11.4. The fraction of sp³-hybridized carbons (Fsp3) is 0.316. The van der Waals surface area contributed by atoms with Crippen molar-refractivity contribution in [1.29, 1.82) is 0 Å². The predicted molar refractivity (Wildman–Crippen MR) is 91.3 cm³/mol. The van der Waals surface area contributed by atoms with Crippen molar-refractivity contribution < 1.29 is 19.7 Å². The van der Waals surface area contributed by atoms with Crippen LogP contribution in [-0.4, -0.2) is 22.8 Å². The molecule has 0 amide bonds. The van der Waals surface area contributed by atoms with Crippen molar-refractivity contribution >= 4 is 21.9 Å². The quantitative estimate of drug-likeness (QED) is 0.776. The summed E-state index contributed by atoms with van der Waals surface area (Å²) in [6.07, 6.45) is 0.100. The molecule has 2 aromatic carbocycles. The maximum absolute atomic E-state index is 12.5. The first kappa shape index (κ1) is 15.8. The molecule has 5 rings (SSSR count). The van der Waals surface area contributed by atoms with Crippen LogP contribution < -0.4 is 0 Å². The Kier molecular flexibility index (Phi) is 3.39. The van der Waals surface area contributed by atoms with Gasteiger partial charge in [0.05, 0.1) is 12.5 Å². The minimum Gasteiger partial charge on any atom is -0.466 e. The molecular formula is C19H17BrO4. The summed E-state index contributed by atoms with van der Waals surface area (Å²) >= 11 is 3.43. The molecule has 2 aromatic rings. The number of carbonyl (C=O) groups is 1. The van der Waals surface area contributed by atoms with Crippen molar-refractivity contribution in [2.24, 2.45) is 5.92 Å². The summed E-state index contributed by atoms with van der Waals surface area (Å²) in [6.45, 7) is 1.97. The third-order valence-electron chi connectivity index (χ3n) is 5.20. The van der Waals surface area contributed by atoms with Crippen LogP contribution >= 0.6 is 15.9 Å². The zero-order valence-corrected chi connectivity index (χ0v) is 14.7. The predicted octanol–water partition coefficient (Wildman–Crippen LogP) is 2.82. The molecule has 3 aliphatic rings. The Morgan fingerprint density at radius 2 is 1.83 bits per heavy atom. The van der Waals surface area contributed by atoms with Gasteiger partial charge in [-0.1, -0.05) is 46.3 Å². The molecule has 4 nitrogen and oxygen atoms in total. The molecule has 0 saturated heterocycles. The highest BCUT2D eigenvalue weighted by atomic mass is 79.9. The average molecular weight is 389 g/mol. The number of fused-ring (bicyclic) bond motifs is 1. The SMILES string of the molecule is CCOC(=O)C1CC2(O)c3ccccc3C1(O)c1ccc(Br)cc12. The molecule has 24 heavy (non-hydrogen) atoms. The maximum atomic E-state index is 12.5. The standard InChI is InChI=1S/C19H17BrO4/c1-2-24-17(21)16-10-18(22)12-5-3-4-6-13(12)19(16,23)14-8-7-11(20)9-15(14)18/h3-9,16,22-23H,2,10H2,1H3. The van der Waals surface area contributed by atoms with Gasteiger partial charge in [0.2, 0.25) is 0 Å². The zero-order chi connectivity index (χ0) is 17.1. The lowest BCUT2D eigenvalue weighted by molar-refractivity contribution is -0.166. The number of esters is 1. The Bertz CT molecular complexity index is 849. The summed E-state index contributed by atoms with van der Waals surface area (Å²) in [5.74, 6) is -1.33. The van der Waals surface area contributed by atoms with Crippen LogP contribution in [0.5, 0.6) is 0 Å². The Balaban J connectivity index is 2.04. The van der Waals surface area contributed by atoms with Gasteiger partial charge < -0.3 is 14.9 Å². The van der Waals surface area contributed by atoms with E-state index in [-0.39, 0.29) is 13.0 Å². The highest BCUT2D eigenvalue weighted by Gasteiger charge is 2.62.